The number of imide groups is 1. The van der Waals surface area contributed by atoms with Crippen molar-refractivity contribution in [3.05, 3.63) is 88.1 Å². The van der Waals surface area contributed by atoms with Crippen LogP contribution in [0.25, 0.3) is 11.8 Å². The highest BCUT2D eigenvalue weighted by Crippen LogP contribution is 2.27. The number of benzene rings is 2. The Morgan fingerprint density at radius 3 is 2.45 bits per heavy atom. The van der Waals surface area contributed by atoms with Gasteiger partial charge in [0.05, 0.1) is 5.69 Å². The number of halogens is 2. The highest BCUT2D eigenvalue weighted by atomic mass is 35.5. The molecule has 0 saturated carbocycles. The monoisotopic (exact) mass is 409 g/mol. The number of hydrogen-bond acceptors (Lipinski definition) is 2. The minimum Gasteiger partial charge on any atom is -0.318 e. The third-order valence-electron chi connectivity index (χ3n) is 4.78. The predicted molar refractivity (Wildman–Crippen MR) is 111 cm³/mol. The Labute approximate surface area is 172 Å². The first kappa shape index (κ1) is 19.0. The molecule has 0 unspecified atom stereocenters. The van der Waals surface area contributed by atoms with Gasteiger partial charge in [0.15, 0.2) is 0 Å². The summed E-state index contributed by atoms with van der Waals surface area (Å²) in [5, 5.41) is 3.04. The largest absolute Gasteiger partial charge is 0.333 e. The summed E-state index contributed by atoms with van der Waals surface area (Å²) in [5.74, 6) is -0.793. The zero-order valence-corrected chi connectivity index (χ0v) is 16.5. The van der Waals surface area contributed by atoms with E-state index >= 15 is 0 Å². The van der Waals surface area contributed by atoms with Crippen molar-refractivity contribution in [2.24, 2.45) is 0 Å². The van der Waals surface area contributed by atoms with E-state index in [1.54, 1.807) is 36.4 Å². The van der Waals surface area contributed by atoms with Crippen LogP contribution in [0.15, 0.2) is 60.3 Å². The predicted octanol–water partition coefficient (Wildman–Crippen LogP) is 4.98. The van der Waals surface area contributed by atoms with Gasteiger partial charge in [-0.2, -0.15) is 0 Å². The molecule has 3 aromatic rings. The molecule has 146 valence electrons. The van der Waals surface area contributed by atoms with E-state index in [-0.39, 0.29) is 11.5 Å². The van der Waals surface area contributed by atoms with E-state index in [2.05, 4.69) is 5.32 Å². The summed E-state index contributed by atoms with van der Waals surface area (Å²) in [5.41, 5.74) is 3.70. The number of nitrogens with one attached hydrogen (secondary N) is 1. The van der Waals surface area contributed by atoms with Crippen LogP contribution in [-0.2, 0) is 4.79 Å². The molecular weight excluding hydrogens is 393 g/mol. The van der Waals surface area contributed by atoms with E-state index in [9.17, 15) is 14.0 Å². The average Bonchev–Trinajstić information content (AvgIpc) is 3.10. The van der Waals surface area contributed by atoms with Gasteiger partial charge in [0.25, 0.3) is 5.91 Å². The first-order valence-corrected chi connectivity index (χ1v) is 9.30. The molecule has 2 heterocycles. The van der Waals surface area contributed by atoms with E-state index < -0.39 is 11.9 Å². The highest BCUT2D eigenvalue weighted by Gasteiger charge is 2.35. The molecule has 1 saturated heterocycles. The number of hydrogen-bond donors (Lipinski definition) is 1. The first-order chi connectivity index (χ1) is 13.8. The van der Waals surface area contributed by atoms with Crippen molar-refractivity contribution in [2.75, 3.05) is 4.90 Å². The molecule has 1 aliphatic heterocycles. The number of aromatic nitrogens is 1. The van der Waals surface area contributed by atoms with Gasteiger partial charge in [-0.15, -0.1) is 0 Å². The normalized spacial score (nSPS) is 15.3. The summed E-state index contributed by atoms with van der Waals surface area (Å²) >= 11 is 5.98. The molecule has 0 spiro atoms. The fraction of sp³-hybridized carbons (Fsp3) is 0.0909. The van der Waals surface area contributed by atoms with Crippen LogP contribution in [0.2, 0.25) is 5.02 Å². The third-order valence-corrected chi connectivity index (χ3v) is 5.02. The number of rotatable bonds is 3. The van der Waals surface area contributed by atoms with Crippen LogP contribution in [-0.4, -0.2) is 16.5 Å². The highest BCUT2D eigenvalue weighted by molar-refractivity contribution is 6.32. The van der Waals surface area contributed by atoms with E-state index in [1.165, 1.54) is 12.1 Å². The minimum absolute atomic E-state index is 0.162. The Hall–Kier alpha value is -3.38. The second kappa shape index (κ2) is 7.22. The lowest BCUT2D eigenvalue weighted by Gasteiger charge is -2.11. The van der Waals surface area contributed by atoms with Crippen molar-refractivity contribution in [3.8, 4) is 5.69 Å². The molecule has 0 radical (unpaired) electrons. The fourth-order valence-corrected chi connectivity index (χ4v) is 3.67. The number of aryl methyl sites for hydroxylation is 1. The quantitative estimate of drug-likeness (QED) is 0.489. The van der Waals surface area contributed by atoms with Crippen molar-refractivity contribution >= 4 is 35.3 Å². The van der Waals surface area contributed by atoms with E-state index in [4.69, 9.17) is 11.6 Å². The number of anilines is 1. The van der Waals surface area contributed by atoms with Gasteiger partial charge in [-0.05, 0) is 68.0 Å². The summed E-state index contributed by atoms with van der Waals surface area (Å²) in [7, 11) is 0. The van der Waals surface area contributed by atoms with Crippen LogP contribution in [0.5, 0.6) is 0 Å². The molecule has 0 bridgehead atoms. The van der Waals surface area contributed by atoms with Crippen molar-refractivity contribution in [1.82, 2.24) is 9.88 Å². The molecule has 0 aliphatic carbocycles. The number of amides is 3. The van der Waals surface area contributed by atoms with Gasteiger partial charge in [0.2, 0.25) is 0 Å². The van der Waals surface area contributed by atoms with Crippen molar-refractivity contribution in [2.45, 2.75) is 13.8 Å². The first-order valence-electron chi connectivity index (χ1n) is 8.93. The molecule has 0 atom stereocenters. The molecular formula is C22H17ClFN3O2. The summed E-state index contributed by atoms with van der Waals surface area (Å²) < 4.78 is 15.5. The van der Waals surface area contributed by atoms with E-state index in [0.29, 0.717) is 16.4 Å². The van der Waals surface area contributed by atoms with Gasteiger partial charge in [0, 0.05) is 22.1 Å². The minimum atomic E-state index is -0.539. The Kier molecular flexibility index (Phi) is 4.72. The maximum Gasteiger partial charge on any atom is 0.333 e. The molecule has 3 amide bonds. The molecule has 7 heteroatoms. The molecule has 1 N–H and O–H groups in total. The van der Waals surface area contributed by atoms with Gasteiger partial charge in [-0.25, -0.2) is 14.1 Å². The summed E-state index contributed by atoms with van der Waals surface area (Å²) in [6.45, 7) is 3.77. The molecule has 1 aliphatic rings. The molecule has 2 aromatic carbocycles. The fourth-order valence-electron chi connectivity index (χ4n) is 3.49. The zero-order valence-electron chi connectivity index (χ0n) is 15.7. The topological polar surface area (TPSA) is 54.3 Å². The smallest absolute Gasteiger partial charge is 0.318 e. The van der Waals surface area contributed by atoms with Gasteiger partial charge in [-0.3, -0.25) is 4.79 Å². The average molecular weight is 410 g/mol. The molecule has 1 aromatic heterocycles. The lowest BCUT2D eigenvalue weighted by molar-refractivity contribution is -0.113. The van der Waals surface area contributed by atoms with Crippen LogP contribution in [0.4, 0.5) is 14.9 Å². The van der Waals surface area contributed by atoms with Gasteiger partial charge < -0.3 is 9.88 Å². The van der Waals surface area contributed by atoms with Gasteiger partial charge in [0.1, 0.15) is 11.5 Å². The van der Waals surface area contributed by atoms with Crippen molar-refractivity contribution in [3.63, 3.8) is 0 Å². The molecule has 5 nitrogen and oxygen atoms in total. The van der Waals surface area contributed by atoms with E-state index in [1.807, 2.05) is 30.5 Å². The Bertz CT molecular complexity index is 1180. The molecule has 29 heavy (non-hydrogen) atoms. The van der Waals surface area contributed by atoms with Crippen molar-refractivity contribution in [1.29, 1.82) is 0 Å². The molecule has 4 rings (SSSR count). The van der Waals surface area contributed by atoms with Crippen molar-refractivity contribution < 1.29 is 14.0 Å². The van der Waals surface area contributed by atoms with E-state index in [0.717, 1.165) is 21.9 Å². The maximum absolute atomic E-state index is 13.6. The Morgan fingerprint density at radius 1 is 1.00 bits per heavy atom. The Balaban J connectivity index is 1.71. The lowest BCUT2D eigenvalue weighted by Crippen LogP contribution is -2.30. The van der Waals surface area contributed by atoms with Crippen LogP contribution in [0.1, 0.15) is 17.0 Å². The number of nitrogens with zero attached hydrogens (tertiary/aromatic N) is 2. The third kappa shape index (κ3) is 3.43. The van der Waals surface area contributed by atoms with Crippen LogP contribution in [0, 0.1) is 19.7 Å². The van der Waals surface area contributed by atoms with Crippen LogP contribution < -0.4 is 10.2 Å². The Morgan fingerprint density at radius 2 is 1.72 bits per heavy atom. The number of carbonyl (C=O) groups excluding carboxylic acids is 2. The standard InChI is InChI=1S/C22H17ClFN3O2/c1-13-9-15(14(2)26(13)19-8-4-6-17(24)12-19)10-20-21(28)27(22(29)25-20)18-7-3-5-16(23)11-18/h3-12H,1-2H3,(H,25,29)/b20-10+. The summed E-state index contributed by atoms with van der Waals surface area (Å²) in [6.07, 6.45) is 1.63. The second-order valence-electron chi connectivity index (χ2n) is 6.75. The van der Waals surface area contributed by atoms with Crippen LogP contribution in [0.3, 0.4) is 0 Å². The summed E-state index contributed by atoms with van der Waals surface area (Å²) in [4.78, 5) is 26.2. The number of carbonyl (C=O) groups is 2. The summed E-state index contributed by atoms with van der Waals surface area (Å²) in [6, 6.07) is 14.2. The second-order valence-corrected chi connectivity index (χ2v) is 7.19. The number of urea groups is 1. The van der Waals surface area contributed by atoms with Gasteiger partial charge in [-0.1, -0.05) is 23.7 Å². The lowest BCUT2D eigenvalue weighted by atomic mass is 10.2. The SMILES string of the molecule is Cc1cc(/C=C2/NC(=O)N(c3cccc(Cl)c3)C2=O)c(C)n1-c1cccc(F)c1. The maximum atomic E-state index is 13.6. The van der Waals surface area contributed by atoms with Gasteiger partial charge >= 0.3 is 6.03 Å². The molecule has 1 fully saturated rings. The zero-order chi connectivity index (χ0) is 20.7. The van der Waals surface area contributed by atoms with Crippen LogP contribution >= 0.6 is 11.6 Å².